The van der Waals surface area contributed by atoms with Crippen molar-refractivity contribution in [3.05, 3.63) is 34.4 Å². The third kappa shape index (κ3) is 17.2. The van der Waals surface area contributed by atoms with E-state index in [1.54, 1.807) is 10.8 Å². The van der Waals surface area contributed by atoms with Crippen molar-refractivity contribution in [1.29, 1.82) is 0 Å². The summed E-state index contributed by atoms with van der Waals surface area (Å²) >= 11 is 0. The van der Waals surface area contributed by atoms with Gasteiger partial charge in [-0.15, -0.1) is 0 Å². The number of unbranched alkanes of at least 4 members (excludes halogenated alkanes) is 8. The zero-order valence-corrected chi connectivity index (χ0v) is 24.0. The van der Waals surface area contributed by atoms with Gasteiger partial charge in [-0.1, -0.05) is 99.6 Å². The Morgan fingerprint density at radius 2 is 1.32 bits per heavy atom. The van der Waals surface area contributed by atoms with Crippen LogP contribution in [-0.4, -0.2) is 41.8 Å². The average molecular weight is 558 g/mol. The lowest BCUT2D eigenvalue weighted by atomic mass is 9.94. The van der Waals surface area contributed by atoms with Crippen LogP contribution in [0.4, 0.5) is 10.5 Å². The van der Waals surface area contributed by atoms with Crippen LogP contribution in [0.5, 0.6) is 5.75 Å². The number of ether oxygens (including phenoxy) is 3. The molecule has 0 bridgehead atoms. The molecular weight excluding hydrogens is 514 g/mol. The number of carbonyl (C=O) groups is 2. The molecule has 0 saturated carbocycles. The first-order valence-electron chi connectivity index (χ1n) is 13.5. The number of nitro benzene ring substituents is 1. The first kappa shape index (κ1) is 33.1. The van der Waals surface area contributed by atoms with Gasteiger partial charge in [-0.3, -0.25) is 14.9 Å². The lowest BCUT2D eigenvalue weighted by Crippen LogP contribution is -2.19. The fraction of sp³-hybridized carbons (Fsp3) is 0.704. The molecule has 1 aromatic rings. The van der Waals surface area contributed by atoms with E-state index in [-0.39, 0.29) is 29.9 Å². The predicted octanol–water partition coefficient (Wildman–Crippen LogP) is 8.37. The van der Waals surface area contributed by atoms with Gasteiger partial charge in [0.2, 0.25) is 0 Å². The summed E-state index contributed by atoms with van der Waals surface area (Å²) < 4.78 is 15.6. The topological polar surface area (TPSA) is 105 Å². The summed E-state index contributed by atoms with van der Waals surface area (Å²) in [6.45, 7) is 4.96. The molecule has 0 fully saturated rings. The summed E-state index contributed by atoms with van der Waals surface area (Å²) in [6, 6.07) is 5.19. The van der Waals surface area contributed by atoms with Crippen molar-refractivity contribution in [2.75, 3.05) is 24.7 Å². The maximum atomic E-state index is 12.7. The fourth-order valence-electron chi connectivity index (χ4n) is 3.70. The SMILES string of the molecule is CCCCCCCC(CCCCCCC)C(=O)OCCSSCCOC(=O)Oc1ccc([N+](=O)[O-])cc1. The Bertz CT molecular complexity index is 748. The predicted molar refractivity (Wildman–Crippen MR) is 151 cm³/mol. The number of nitrogens with zero attached hydrogens (tertiary/aromatic N) is 1. The standard InChI is InChI=1S/C27H43NO7S2/c1-3-5-7-9-11-13-23(14-12-10-8-6-4-2)26(29)33-19-21-36-37-22-20-34-27(30)35-25-17-15-24(16-18-25)28(31)32/h15-18,23H,3-14,19-22H2,1-2H3. The highest BCUT2D eigenvalue weighted by Gasteiger charge is 2.19. The van der Waals surface area contributed by atoms with Crippen LogP contribution in [0.25, 0.3) is 0 Å². The van der Waals surface area contributed by atoms with Crippen molar-refractivity contribution in [3.63, 3.8) is 0 Å². The lowest BCUT2D eigenvalue weighted by Gasteiger charge is -2.16. The van der Waals surface area contributed by atoms with E-state index < -0.39 is 11.1 Å². The van der Waals surface area contributed by atoms with E-state index in [0.717, 1.165) is 25.7 Å². The van der Waals surface area contributed by atoms with Crippen LogP contribution in [0.3, 0.4) is 0 Å². The van der Waals surface area contributed by atoms with Gasteiger partial charge in [0.15, 0.2) is 0 Å². The van der Waals surface area contributed by atoms with Crippen molar-refractivity contribution in [2.24, 2.45) is 5.92 Å². The summed E-state index contributed by atoms with van der Waals surface area (Å²) in [4.78, 5) is 34.5. The van der Waals surface area contributed by atoms with Gasteiger partial charge in [-0.25, -0.2) is 4.79 Å². The van der Waals surface area contributed by atoms with Gasteiger partial charge in [0.05, 0.1) is 10.8 Å². The van der Waals surface area contributed by atoms with Crippen LogP contribution in [0.2, 0.25) is 0 Å². The average Bonchev–Trinajstić information content (AvgIpc) is 2.88. The van der Waals surface area contributed by atoms with Crippen LogP contribution in [0.1, 0.15) is 90.9 Å². The zero-order chi connectivity index (χ0) is 27.1. The van der Waals surface area contributed by atoms with Crippen molar-refractivity contribution in [1.82, 2.24) is 0 Å². The number of carbonyl (C=O) groups excluding carboxylic acids is 2. The lowest BCUT2D eigenvalue weighted by molar-refractivity contribution is -0.384. The summed E-state index contributed by atoms with van der Waals surface area (Å²) in [5.74, 6) is 1.36. The number of esters is 1. The van der Waals surface area contributed by atoms with E-state index in [1.807, 2.05) is 0 Å². The number of hydrogen-bond donors (Lipinski definition) is 0. The van der Waals surface area contributed by atoms with E-state index in [0.29, 0.717) is 18.1 Å². The van der Waals surface area contributed by atoms with Crippen LogP contribution < -0.4 is 4.74 Å². The molecule has 0 aliphatic rings. The Morgan fingerprint density at radius 1 is 0.811 bits per heavy atom. The van der Waals surface area contributed by atoms with Crippen molar-refractivity contribution >= 4 is 39.4 Å². The monoisotopic (exact) mass is 557 g/mol. The second-order valence-corrected chi connectivity index (χ2v) is 11.6. The van der Waals surface area contributed by atoms with Crippen LogP contribution in [-0.2, 0) is 14.3 Å². The Morgan fingerprint density at radius 3 is 1.84 bits per heavy atom. The summed E-state index contributed by atoms with van der Waals surface area (Å²) in [5, 5.41) is 10.6. The van der Waals surface area contributed by atoms with E-state index in [2.05, 4.69) is 13.8 Å². The number of hydrogen-bond acceptors (Lipinski definition) is 9. The summed E-state index contributed by atoms with van der Waals surface area (Å²) in [6.07, 6.45) is 13.0. The molecule has 8 nitrogen and oxygen atoms in total. The van der Waals surface area contributed by atoms with Crippen molar-refractivity contribution < 1.29 is 28.7 Å². The Hall–Kier alpha value is -1.94. The minimum Gasteiger partial charge on any atom is -0.465 e. The third-order valence-corrected chi connectivity index (χ3v) is 8.11. The first-order chi connectivity index (χ1) is 18.0. The van der Waals surface area contributed by atoms with Crippen molar-refractivity contribution in [2.45, 2.75) is 90.9 Å². The Kier molecular flexibility index (Phi) is 19.7. The highest BCUT2D eigenvalue weighted by atomic mass is 33.1. The highest BCUT2D eigenvalue weighted by molar-refractivity contribution is 8.76. The molecule has 0 saturated heterocycles. The largest absolute Gasteiger partial charge is 0.513 e. The van der Waals surface area contributed by atoms with Crippen LogP contribution in [0.15, 0.2) is 24.3 Å². The molecule has 0 unspecified atom stereocenters. The van der Waals surface area contributed by atoms with E-state index >= 15 is 0 Å². The normalized spacial score (nSPS) is 10.9. The van der Waals surface area contributed by atoms with Gasteiger partial charge in [-0.2, -0.15) is 0 Å². The second kappa shape index (κ2) is 22.1. The van der Waals surface area contributed by atoms with Crippen LogP contribution >= 0.6 is 21.6 Å². The molecule has 0 N–H and O–H groups in total. The fourth-order valence-corrected chi connectivity index (χ4v) is 5.36. The highest BCUT2D eigenvalue weighted by Crippen LogP contribution is 2.23. The molecule has 0 aliphatic heterocycles. The van der Waals surface area contributed by atoms with E-state index in [9.17, 15) is 19.7 Å². The Labute approximate surface area is 229 Å². The molecule has 0 heterocycles. The molecule has 0 aliphatic carbocycles. The number of nitro groups is 1. The van der Waals surface area contributed by atoms with E-state index in [1.165, 1.54) is 86.4 Å². The van der Waals surface area contributed by atoms with Crippen LogP contribution in [0, 0.1) is 16.0 Å². The molecule has 0 radical (unpaired) electrons. The van der Waals surface area contributed by atoms with Gasteiger partial charge in [0.25, 0.3) is 5.69 Å². The molecule has 210 valence electrons. The third-order valence-electron chi connectivity index (χ3n) is 5.78. The summed E-state index contributed by atoms with van der Waals surface area (Å²) in [5.41, 5.74) is -0.0832. The van der Waals surface area contributed by atoms with Gasteiger partial charge in [-0.05, 0) is 25.0 Å². The molecule has 37 heavy (non-hydrogen) atoms. The molecule has 0 atom stereocenters. The molecule has 1 aromatic carbocycles. The minimum atomic E-state index is -0.858. The molecule has 1 rings (SSSR count). The Balaban J connectivity index is 2.16. The van der Waals surface area contributed by atoms with Gasteiger partial charge >= 0.3 is 12.1 Å². The second-order valence-electron chi connectivity index (χ2n) is 8.87. The smallest absolute Gasteiger partial charge is 0.465 e. The quantitative estimate of drug-likeness (QED) is 0.0347. The first-order valence-corrected chi connectivity index (χ1v) is 16.0. The maximum absolute atomic E-state index is 12.7. The maximum Gasteiger partial charge on any atom is 0.513 e. The number of rotatable bonds is 22. The summed E-state index contributed by atoms with van der Waals surface area (Å²) in [7, 11) is 3.09. The minimum absolute atomic E-state index is 0.0103. The number of benzene rings is 1. The molecule has 0 aromatic heterocycles. The zero-order valence-electron chi connectivity index (χ0n) is 22.3. The van der Waals surface area contributed by atoms with Gasteiger partial charge < -0.3 is 14.2 Å². The van der Waals surface area contributed by atoms with E-state index in [4.69, 9.17) is 14.2 Å². The molecule has 10 heteroatoms. The van der Waals surface area contributed by atoms with Gasteiger partial charge in [0, 0.05) is 23.6 Å². The van der Waals surface area contributed by atoms with Gasteiger partial charge in [0.1, 0.15) is 19.0 Å². The molecule has 0 amide bonds. The molecule has 0 spiro atoms. The number of non-ortho nitro benzene ring substituents is 1. The molecular formula is C27H43NO7S2. The van der Waals surface area contributed by atoms with Crippen molar-refractivity contribution in [3.8, 4) is 5.75 Å².